The summed E-state index contributed by atoms with van der Waals surface area (Å²) in [5.41, 5.74) is 2.40. The molecule has 2 aromatic rings. The molecule has 0 spiro atoms. The minimum absolute atomic E-state index is 0.283. The number of nitrogens with one attached hydrogen (secondary N) is 1. The van der Waals surface area contributed by atoms with E-state index in [1.165, 1.54) is 5.56 Å². The fourth-order valence-electron chi connectivity index (χ4n) is 2.09. The van der Waals surface area contributed by atoms with E-state index in [0.717, 1.165) is 29.4 Å². The van der Waals surface area contributed by atoms with Gasteiger partial charge in [0.15, 0.2) is 11.5 Å². The van der Waals surface area contributed by atoms with Gasteiger partial charge in [-0.1, -0.05) is 24.3 Å². The minimum atomic E-state index is 0.283. The first-order chi connectivity index (χ1) is 9.85. The van der Waals surface area contributed by atoms with E-state index in [-0.39, 0.29) is 6.79 Å². The Bertz CT molecular complexity index is 581. The Balaban J connectivity index is 1.61. The lowest BCUT2D eigenvalue weighted by Gasteiger charge is -2.08. The summed E-state index contributed by atoms with van der Waals surface area (Å²) in [5, 5.41) is 3.13. The molecule has 4 heteroatoms. The molecule has 1 heterocycles. The van der Waals surface area contributed by atoms with E-state index in [4.69, 9.17) is 14.2 Å². The molecule has 0 fully saturated rings. The van der Waals surface area contributed by atoms with Crippen LogP contribution in [0.4, 0.5) is 0 Å². The van der Waals surface area contributed by atoms with Crippen LogP contribution in [0.15, 0.2) is 42.5 Å². The third-order valence-corrected chi connectivity index (χ3v) is 3.15. The summed E-state index contributed by atoms with van der Waals surface area (Å²) in [6.45, 7) is 1.70. The summed E-state index contributed by atoms with van der Waals surface area (Å²) in [6, 6.07) is 14.0. The van der Waals surface area contributed by atoms with Crippen LogP contribution in [0.1, 0.15) is 11.1 Å². The molecule has 0 aliphatic carbocycles. The molecule has 0 saturated carbocycles. The van der Waals surface area contributed by atoms with Crippen LogP contribution in [-0.2, 0) is 13.2 Å². The first-order valence-corrected chi connectivity index (χ1v) is 6.60. The molecule has 3 rings (SSSR count). The lowest BCUT2D eigenvalue weighted by Crippen LogP contribution is -2.05. The molecular formula is C16H17NO3. The fourth-order valence-corrected chi connectivity index (χ4v) is 2.09. The molecule has 0 unspecified atom stereocenters. The SMILES string of the molecule is CNCc1ccc(COc2ccc3c(c2)OCO3)cc1. The number of rotatable bonds is 5. The Morgan fingerprint density at radius 3 is 2.55 bits per heavy atom. The van der Waals surface area contributed by atoms with Crippen LogP contribution in [-0.4, -0.2) is 13.8 Å². The van der Waals surface area contributed by atoms with E-state index in [1.807, 2.05) is 25.2 Å². The molecule has 0 atom stereocenters. The van der Waals surface area contributed by atoms with Gasteiger partial charge in [0.25, 0.3) is 0 Å². The van der Waals surface area contributed by atoms with E-state index < -0.39 is 0 Å². The Morgan fingerprint density at radius 1 is 1.00 bits per heavy atom. The van der Waals surface area contributed by atoms with Crippen molar-refractivity contribution in [1.29, 1.82) is 0 Å². The lowest BCUT2D eigenvalue weighted by atomic mass is 10.1. The summed E-state index contributed by atoms with van der Waals surface area (Å²) in [6.07, 6.45) is 0. The molecule has 20 heavy (non-hydrogen) atoms. The lowest BCUT2D eigenvalue weighted by molar-refractivity contribution is 0.173. The fraction of sp³-hybridized carbons (Fsp3) is 0.250. The van der Waals surface area contributed by atoms with Crippen molar-refractivity contribution in [1.82, 2.24) is 5.32 Å². The molecule has 1 N–H and O–H groups in total. The third-order valence-electron chi connectivity index (χ3n) is 3.15. The monoisotopic (exact) mass is 271 g/mol. The number of hydrogen-bond donors (Lipinski definition) is 1. The van der Waals surface area contributed by atoms with E-state index in [2.05, 4.69) is 29.6 Å². The highest BCUT2D eigenvalue weighted by Crippen LogP contribution is 2.35. The topological polar surface area (TPSA) is 39.7 Å². The highest BCUT2D eigenvalue weighted by atomic mass is 16.7. The van der Waals surface area contributed by atoms with Crippen molar-refractivity contribution in [3.63, 3.8) is 0 Å². The van der Waals surface area contributed by atoms with Gasteiger partial charge in [-0.15, -0.1) is 0 Å². The molecule has 0 bridgehead atoms. The van der Waals surface area contributed by atoms with Crippen molar-refractivity contribution in [3.8, 4) is 17.2 Å². The van der Waals surface area contributed by atoms with E-state index in [0.29, 0.717) is 6.61 Å². The summed E-state index contributed by atoms with van der Waals surface area (Å²) in [5.74, 6) is 2.30. The average Bonchev–Trinajstić information content (AvgIpc) is 2.94. The molecular weight excluding hydrogens is 254 g/mol. The van der Waals surface area contributed by atoms with Crippen molar-refractivity contribution < 1.29 is 14.2 Å². The second-order valence-electron chi connectivity index (χ2n) is 4.65. The quantitative estimate of drug-likeness (QED) is 0.907. The first-order valence-electron chi connectivity index (χ1n) is 6.60. The van der Waals surface area contributed by atoms with Gasteiger partial charge >= 0.3 is 0 Å². The summed E-state index contributed by atoms with van der Waals surface area (Å²) >= 11 is 0. The molecule has 0 radical (unpaired) electrons. The zero-order chi connectivity index (χ0) is 13.8. The zero-order valence-corrected chi connectivity index (χ0v) is 11.4. The Labute approximate surface area is 118 Å². The number of fused-ring (bicyclic) bond motifs is 1. The predicted molar refractivity (Wildman–Crippen MR) is 76.1 cm³/mol. The van der Waals surface area contributed by atoms with Gasteiger partial charge in [-0.3, -0.25) is 0 Å². The van der Waals surface area contributed by atoms with Crippen LogP contribution >= 0.6 is 0 Å². The van der Waals surface area contributed by atoms with Gasteiger partial charge in [-0.2, -0.15) is 0 Å². The Kier molecular flexibility index (Phi) is 3.74. The van der Waals surface area contributed by atoms with E-state index >= 15 is 0 Å². The number of benzene rings is 2. The molecule has 0 saturated heterocycles. The van der Waals surface area contributed by atoms with E-state index in [1.54, 1.807) is 0 Å². The molecule has 0 aromatic heterocycles. The van der Waals surface area contributed by atoms with Crippen molar-refractivity contribution >= 4 is 0 Å². The van der Waals surface area contributed by atoms with Crippen molar-refractivity contribution in [2.24, 2.45) is 0 Å². The molecule has 2 aromatic carbocycles. The van der Waals surface area contributed by atoms with Crippen LogP contribution < -0.4 is 19.5 Å². The van der Waals surface area contributed by atoms with Gasteiger partial charge in [-0.05, 0) is 30.3 Å². The highest BCUT2D eigenvalue weighted by Gasteiger charge is 2.13. The molecule has 104 valence electrons. The number of hydrogen-bond acceptors (Lipinski definition) is 4. The molecule has 4 nitrogen and oxygen atoms in total. The minimum Gasteiger partial charge on any atom is -0.489 e. The zero-order valence-electron chi connectivity index (χ0n) is 11.4. The maximum Gasteiger partial charge on any atom is 0.231 e. The highest BCUT2D eigenvalue weighted by molar-refractivity contribution is 5.46. The average molecular weight is 271 g/mol. The third kappa shape index (κ3) is 2.86. The van der Waals surface area contributed by atoms with Gasteiger partial charge in [0.2, 0.25) is 6.79 Å². The predicted octanol–water partition coefficient (Wildman–Crippen LogP) is 2.71. The van der Waals surface area contributed by atoms with Gasteiger partial charge in [-0.25, -0.2) is 0 Å². The summed E-state index contributed by atoms with van der Waals surface area (Å²) in [7, 11) is 1.94. The van der Waals surface area contributed by atoms with Gasteiger partial charge in [0.05, 0.1) is 0 Å². The second-order valence-corrected chi connectivity index (χ2v) is 4.65. The van der Waals surface area contributed by atoms with Crippen LogP contribution in [0.3, 0.4) is 0 Å². The van der Waals surface area contributed by atoms with Crippen LogP contribution in [0.25, 0.3) is 0 Å². The van der Waals surface area contributed by atoms with Gasteiger partial charge in [0.1, 0.15) is 12.4 Å². The van der Waals surface area contributed by atoms with Crippen molar-refractivity contribution in [3.05, 3.63) is 53.6 Å². The molecule has 0 amide bonds. The van der Waals surface area contributed by atoms with Gasteiger partial charge < -0.3 is 19.5 Å². The van der Waals surface area contributed by atoms with Crippen LogP contribution in [0.5, 0.6) is 17.2 Å². The number of ether oxygens (including phenoxy) is 3. The van der Waals surface area contributed by atoms with Crippen LogP contribution in [0.2, 0.25) is 0 Å². The Hall–Kier alpha value is -2.20. The van der Waals surface area contributed by atoms with E-state index in [9.17, 15) is 0 Å². The van der Waals surface area contributed by atoms with Crippen molar-refractivity contribution in [2.45, 2.75) is 13.2 Å². The maximum absolute atomic E-state index is 5.77. The Morgan fingerprint density at radius 2 is 1.75 bits per heavy atom. The first kappa shape index (κ1) is 12.8. The summed E-state index contributed by atoms with van der Waals surface area (Å²) < 4.78 is 16.4. The largest absolute Gasteiger partial charge is 0.489 e. The standard InChI is InChI=1S/C16H17NO3/c1-17-9-12-2-4-13(5-3-12)10-18-14-6-7-15-16(8-14)20-11-19-15/h2-8,17H,9-11H2,1H3. The smallest absolute Gasteiger partial charge is 0.231 e. The van der Waals surface area contributed by atoms with Crippen LogP contribution in [0, 0.1) is 0 Å². The molecule has 1 aliphatic heterocycles. The second kappa shape index (κ2) is 5.84. The molecule has 1 aliphatic rings. The normalized spacial score (nSPS) is 12.4. The van der Waals surface area contributed by atoms with Gasteiger partial charge in [0, 0.05) is 12.6 Å². The summed E-state index contributed by atoms with van der Waals surface area (Å²) in [4.78, 5) is 0. The van der Waals surface area contributed by atoms with Crippen molar-refractivity contribution in [2.75, 3.05) is 13.8 Å². The maximum atomic E-state index is 5.77.